The molecule has 1 heterocycles. The lowest BCUT2D eigenvalue weighted by Crippen LogP contribution is -1.99. The lowest BCUT2D eigenvalue weighted by molar-refractivity contribution is 0.291. The van der Waals surface area contributed by atoms with Gasteiger partial charge in [-0.05, 0) is 36.8 Å². The fraction of sp³-hybridized carbons (Fsp3) is 0.478. The number of fused-ring (bicyclic) bond motifs is 3. The number of benzene rings is 2. The largest absolute Gasteiger partial charge is 0.490 e. The van der Waals surface area contributed by atoms with Gasteiger partial charge in [-0.3, -0.25) is 0 Å². The van der Waals surface area contributed by atoms with Crippen molar-refractivity contribution in [1.82, 2.24) is 0 Å². The number of ether oxygens (including phenoxy) is 1. The fourth-order valence-electron chi connectivity index (χ4n) is 3.24. The molecule has 0 saturated carbocycles. The van der Waals surface area contributed by atoms with Crippen LogP contribution in [0.15, 0.2) is 29.2 Å². The van der Waals surface area contributed by atoms with Crippen LogP contribution in [-0.2, 0) is 0 Å². The Morgan fingerprint density at radius 3 is 2.25 bits per heavy atom. The second-order valence-electron chi connectivity index (χ2n) is 7.08. The smallest absolute Gasteiger partial charge is 0.182 e. The second kappa shape index (κ2) is 10.4. The van der Waals surface area contributed by atoms with Crippen molar-refractivity contribution in [3.63, 3.8) is 0 Å². The van der Waals surface area contributed by atoms with Crippen LogP contribution >= 0.6 is 23.1 Å². The van der Waals surface area contributed by atoms with Gasteiger partial charge in [-0.15, -0.1) is 23.1 Å². The van der Waals surface area contributed by atoms with E-state index in [9.17, 15) is 8.78 Å². The first-order valence-corrected chi connectivity index (χ1v) is 12.1. The van der Waals surface area contributed by atoms with E-state index in [1.807, 2.05) is 18.2 Å². The van der Waals surface area contributed by atoms with E-state index >= 15 is 0 Å². The van der Waals surface area contributed by atoms with E-state index in [4.69, 9.17) is 4.74 Å². The molecule has 3 rings (SSSR count). The van der Waals surface area contributed by atoms with Crippen molar-refractivity contribution in [1.29, 1.82) is 0 Å². The van der Waals surface area contributed by atoms with E-state index < -0.39 is 0 Å². The third-order valence-corrected chi connectivity index (χ3v) is 7.20. The lowest BCUT2D eigenvalue weighted by Gasteiger charge is -2.07. The van der Waals surface area contributed by atoms with E-state index in [0.29, 0.717) is 20.9 Å². The van der Waals surface area contributed by atoms with Crippen LogP contribution < -0.4 is 4.74 Å². The highest BCUT2D eigenvalue weighted by atomic mass is 32.2. The van der Waals surface area contributed by atoms with Crippen molar-refractivity contribution in [2.75, 3.05) is 12.4 Å². The average Bonchev–Trinajstić information content (AvgIpc) is 3.08. The minimum atomic E-state index is -0.369. The number of halogens is 2. The Morgan fingerprint density at radius 1 is 0.821 bits per heavy atom. The number of rotatable bonds is 11. The average molecular weight is 423 g/mol. The molecule has 3 aromatic rings. The van der Waals surface area contributed by atoms with Crippen molar-refractivity contribution in [2.45, 2.75) is 63.7 Å². The van der Waals surface area contributed by atoms with E-state index in [1.54, 1.807) is 6.07 Å². The first-order valence-electron chi connectivity index (χ1n) is 10.3. The second-order valence-corrected chi connectivity index (χ2v) is 9.23. The van der Waals surface area contributed by atoms with Gasteiger partial charge in [-0.2, -0.15) is 0 Å². The zero-order valence-corrected chi connectivity index (χ0v) is 18.3. The summed E-state index contributed by atoms with van der Waals surface area (Å²) in [5.74, 6) is 0.575. The summed E-state index contributed by atoms with van der Waals surface area (Å²) in [5.41, 5.74) is 0. The molecule has 2 aromatic carbocycles. The molecule has 152 valence electrons. The molecule has 0 aliphatic carbocycles. The topological polar surface area (TPSA) is 9.23 Å². The molecule has 0 unspecified atom stereocenters. The zero-order chi connectivity index (χ0) is 19.9. The summed E-state index contributed by atoms with van der Waals surface area (Å²) in [5, 5.41) is 1.54. The maximum Gasteiger partial charge on any atom is 0.182 e. The van der Waals surface area contributed by atoms with Gasteiger partial charge >= 0.3 is 0 Å². The van der Waals surface area contributed by atoms with Crippen LogP contribution in [0, 0.1) is 11.6 Å². The lowest BCUT2D eigenvalue weighted by atomic mass is 10.1. The standard InChI is InChI=1S/C23H28F2OS2/c1-3-5-7-8-9-14-26-18-12-10-16-17-11-13-19(27-15-6-4-2)21(25)23(17)28-22(16)20(18)24/h10-13H,3-9,14-15H2,1-2H3. The molecule has 28 heavy (non-hydrogen) atoms. The van der Waals surface area contributed by atoms with Crippen molar-refractivity contribution in [3.05, 3.63) is 35.9 Å². The molecule has 0 aliphatic heterocycles. The SMILES string of the molecule is CCCCCCCOc1ccc2c(sc3c(F)c(SCCCC)ccc32)c1F. The Bertz CT molecular complexity index is 920. The monoisotopic (exact) mass is 422 g/mol. The van der Waals surface area contributed by atoms with Gasteiger partial charge in [0.05, 0.1) is 16.0 Å². The molecule has 1 nitrogen and oxygen atoms in total. The van der Waals surface area contributed by atoms with E-state index in [2.05, 4.69) is 13.8 Å². The Hall–Kier alpha value is -1.33. The molecule has 0 atom stereocenters. The van der Waals surface area contributed by atoms with E-state index in [1.165, 1.54) is 42.4 Å². The Balaban J connectivity index is 1.80. The van der Waals surface area contributed by atoms with Crippen LogP contribution in [-0.4, -0.2) is 12.4 Å². The first kappa shape index (κ1) is 21.4. The third-order valence-electron chi connectivity index (χ3n) is 4.88. The van der Waals surface area contributed by atoms with Crippen LogP contribution in [0.2, 0.25) is 0 Å². The highest BCUT2D eigenvalue weighted by molar-refractivity contribution is 7.99. The summed E-state index contributed by atoms with van der Waals surface area (Å²) in [4.78, 5) is 0.650. The molecule has 0 radical (unpaired) electrons. The van der Waals surface area contributed by atoms with Crippen LogP contribution in [0.3, 0.4) is 0 Å². The maximum absolute atomic E-state index is 15.0. The van der Waals surface area contributed by atoms with Crippen molar-refractivity contribution in [2.24, 2.45) is 0 Å². The molecule has 0 saturated heterocycles. The predicted octanol–water partition coefficient (Wildman–Crippen LogP) is 8.57. The van der Waals surface area contributed by atoms with Gasteiger partial charge in [0.25, 0.3) is 0 Å². The number of hydrogen-bond donors (Lipinski definition) is 0. The van der Waals surface area contributed by atoms with Crippen molar-refractivity contribution in [3.8, 4) is 5.75 Å². The van der Waals surface area contributed by atoms with Crippen LogP contribution in [0.25, 0.3) is 20.2 Å². The Kier molecular flexibility index (Phi) is 7.98. The normalized spacial score (nSPS) is 11.6. The van der Waals surface area contributed by atoms with Crippen LogP contribution in [0.4, 0.5) is 8.78 Å². The molecule has 0 N–H and O–H groups in total. The minimum Gasteiger partial charge on any atom is -0.490 e. The van der Waals surface area contributed by atoms with Gasteiger partial charge < -0.3 is 4.74 Å². The zero-order valence-electron chi connectivity index (χ0n) is 16.7. The highest BCUT2D eigenvalue weighted by Crippen LogP contribution is 2.41. The van der Waals surface area contributed by atoms with Crippen LogP contribution in [0.1, 0.15) is 58.8 Å². The molecule has 0 amide bonds. The number of hydrogen-bond acceptors (Lipinski definition) is 3. The molecule has 0 fully saturated rings. The van der Waals surface area contributed by atoms with Gasteiger partial charge in [0.2, 0.25) is 0 Å². The highest BCUT2D eigenvalue weighted by Gasteiger charge is 2.18. The number of thiophene rings is 1. The molecule has 0 bridgehead atoms. The van der Waals surface area contributed by atoms with Gasteiger partial charge in [0.15, 0.2) is 17.4 Å². The molecular formula is C23H28F2OS2. The maximum atomic E-state index is 15.0. The third kappa shape index (κ3) is 4.80. The van der Waals surface area contributed by atoms with Gasteiger partial charge in [0.1, 0.15) is 0 Å². The van der Waals surface area contributed by atoms with Crippen LogP contribution in [0.5, 0.6) is 5.75 Å². The van der Waals surface area contributed by atoms with Crippen molar-refractivity contribution >= 4 is 43.3 Å². The van der Waals surface area contributed by atoms with E-state index in [0.717, 1.165) is 42.2 Å². The molecule has 1 aromatic heterocycles. The summed E-state index contributed by atoms with van der Waals surface area (Å²) < 4.78 is 36.6. The van der Waals surface area contributed by atoms with Crippen molar-refractivity contribution < 1.29 is 13.5 Å². The minimum absolute atomic E-state index is 0.224. The van der Waals surface area contributed by atoms with Gasteiger partial charge in [0, 0.05) is 15.7 Å². The molecule has 5 heteroatoms. The predicted molar refractivity (Wildman–Crippen MR) is 119 cm³/mol. The quantitative estimate of drug-likeness (QED) is 0.226. The Morgan fingerprint density at radius 2 is 1.50 bits per heavy atom. The van der Waals surface area contributed by atoms with Gasteiger partial charge in [-0.25, -0.2) is 8.78 Å². The van der Waals surface area contributed by atoms with Gasteiger partial charge in [-0.1, -0.05) is 52.0 Å². The number of unbranched alkanes of at least 4 members (excludes halogenated alkanes) is 5. The molecular weight excluding hydrogens is 394 g/mol. The summed E-state index contributed by atoms with van der Waals surface area (Å²) in [7, 11) is 0. The summed E-state index contributed by atoms with van der Waals surface area (Å²) in [6, 6.07) is 7.27. The Labute approximate surface area is 174 Å². The first-order chi connectivity index (χ1) is 13.7. The molecule has 0 aliphatic rings. The van der Waals surface area contributed by atoms with E-state index in [-0.39, 0.29) is 17.4 Å². The summed E-state index contributed by atoms with van der Waals surface area (Å²) >= 11 is 2.73. The molecule has 0 spiro atoms. The fourth-order valence-corrected chi connectivity index (χ4v) is 5.52. The summed E-state index contributed by atoms with van der Waals surface area (Å²) in [6.45, 7) is 4.82. The number of thioether (sulfide) groups is 1. The summed E-state index contributed by atoms with van der Waals surface area (Å²) in [6.07, 6.45) is 7.80.